The van der Waals surface area contributed by atoms with Gasteiger partial charge in [-0.05, 0) is 49.4 Å². The normalized spacial score (nSPS) is 19.8. The van der Waals surface area contributed by atoms with E-state index >= 15 is 0 Å². The second-order valence-electron chi connectivity index (χ2n) is 8.48. The van der Waals surface area contributed by atoms with Gasteiger partial charge >= 0.3 is 11.9 Å². The average molecular weight is 496 g/mol. The summed E-state index contributed by atoms with van der Waals surface area (Å²) >= 11 is 1.65. The molecule has 0 bridgehead atoms. The summed E-state index contributed by atoms with van der Waals surface area (Å²) in [6, 6.07) is 10.9. The zero-order valence-electron chi connectivity index (χ0n) is 20.1. The minimum Gasteiger partial charge on any atom is -0.465 e. The van der Waals surface area contributed by atoms with Gasteiger partial charge in [-0.3, -0.25) is 4.79 Å². The van der Waals surface area contributed by atoms with Gasteiger partial charge in [-0.15, -0.1) is 11.3 Å². The van der Waals surface area contributed by atoms with Crippen LogP contribution in [-0.2, 0) is 23.8 Å². The van der Waals surface area contributed by atoms with Crippen LogP contribution in [-0.4, -0.2) is 44.7 Å². The second-order valence-corrected chi connectivity index (χ2v) is 9.46. The third-order valence-corrected chi connectivity index (χ3v) is 7.36. The first-order chi connectivity index (χ1) is 16.9. The molecule has 2 unspecified atom stereocenters. The molecule has 0 saturated carbocycles. The van der Waals surface area contributed by atoms with E-state index in [4.69, 9.17) is 14.2 Å². The Labute approximate surface area is 208 Å². The van der Waals surface area contributed by atoms with Crippen molar-refractivity contribution in [2.24, 2.45) is 0 Å². The van der Waals surface area contributed by atoms with Crippen molar-refractivity contribution in [3.63, 3.8) is 0 Å². The third kappa shape index (κ3) is 5.23. The molecular formula is C27H29NO6S. The van der Waals surface area contributed by atoms with E-state index in [-0.39, 0.29) is 18.3 Å². The maximum atomic E-state index is 13.6. The molecule has 8 heteroatoms. The molecule has 2 heterocycles. The molecule has 2 aliphatic rings. The quantitative estimate of drug-likeness (QED) is 0.427. The molecule has 0 fully saturated rings. The molecule has 0 amide bonds. The van der Waals surface area contributed by atoms with Gasteiger partial charge in [0.25, 0.3) is 0 Å². The Morgan fingerprint density at radius 1 is 1.09 bits per heavy atom. The molecule has 35 heavy (non-hydrogen) atoms. The van der Waals surface area contributed by atoms with E-state index in [2.05, 4.69) is 11.4 Å². The van der Waals surface area contributed by atoms with E-state index in [1.807, 2.05) is 25.3 Å². The number of allylic oxidation sites excluding steroid dienone is 3. The van der Waals surface area contributed by atoms with Gasteiger partial charge in [0, 0.05) is 46.7 Å². The van der Waals surface area contributed by atoms with Crippen molar-refractivity contribution in [2.75, 3.05) is 26.9 Å². The topological polar surface area (TPSA) is 90.9 Å². The van der Waals surface area contributed by atoms with E-state index in [9.17, 15) is 14.4 Å². The summed E-state index contributed by atoms with van der Waals surface area (Å²) in [5, 5.41) is 5.37. The smallest absolute Gasteiger partial charge is 0.337 e. The Kier molecular flexibility index (Phi) is 7.83. The largest absolute Gasteiger partial charge is 0.465 e. The number of carbonyl (C=O) groups is 3. The first-order valence-electron chi connectivity index (χ1n) is 11.6. The standard InChI is InChI=1S/C27H29NO6S/c1-4-33-11-12-34-27(31)23-16(2)28-20-14-19(22-6-5-13-35-22)15-21(29)25(20)24(23)17-7-9-18(10-8-17)26(30)32-3/h5-10,13,19,24,28H,4,11-12,14-15H2,1-3H3. The molecule has 1 aliphatic carbocycles. The monoisotopic (exact) mass is 495 g/mol. The lowest BCUT2D eigenvalue weighted by atomic mass is 9.72. The number of benzene rings is 1. The Morgan fingerprint density at radius 3 is 2.51 bits per heavy atom. The number of ketones is 1. The van der Waals surface area contributed by atoms with Crippen LogP contribution in [0.2, 0.25) is 0 Å². The Balaban J connectivity index is 1.72. The van der Waals surface area contributed by atoms with Crippen LogP contribution in [0.15, 0.2) is 64.3 Å². The van der Waals surface area contributed by atoms with Gasteiger partial charge < -0.3 is 19.5 Å². The summed E-state index contributed by atoms with van der Waals surface area (Å²) in [4.78, 5) is 39.9. The SMILES string of the molecule is CCOCCOC(=O)C1=C(C)NC2=C(C(=O)CC(c3cccs3)C2)C1c1ccc(C(=O)OC)cc1. The summed E-state index contributed by atoms with van der Waals surface area (Å²) in [7, 11) is 1.33. The first-order valence-corrected chi connectivity index (χ1v) is 12.5. The molecular weight excluding hydrogens is 466 g/mol. The van der Waals surface area contributed by atoms with Crippen molar-refractivity contribution in [1.29, 1.82) is 0 Å². The summed E-state index contributed by atoms with van der Waals surface area (Å²) in [5.41, 5.74) is 3.62. The van der Waals surface area contributed by atoms with Gasteiger partial charge in [-0.1, -0.05) is 18.2 Å². The highest BCUT2D eigenvalue weighted by molar-refractivity contribution is 7.10. The van der Waals surface area contributed by atoms with Crippen molar-refractivity contribution in [2.45, 2.75) is 38.5 Å². The Hall–Kier alpha value is -3.23. The fraction of sp³-hybridized carbons (Fsp3) is 0.370. The highest BCUT2D eigenvalue weighted by Gasteiger charge is 2.41. The van der Waals surface area contributed by atoms with Gasteiger partial charge in [-0.2, -0.15) is 0 Å². The lowest BCUT2D eigenvalue weighted by molar-refractivity contribution is -0.140. The second kappa shape index (κ2) is 11.0. The van der Waals surface area contributed by atoms with Crippen molar-refractivity contribution in [3.05, 3.63) is 80.3 Å². The summed E-state index contributed by atoms with van der Waals surface area (Å²) < 4.78 is 15.6. The Morgan fingerprint density at radius 2 is 1.86 bits per heavy atom. The maximum absolute atomic E-state index is 13.6. The fourth-order valence-electron chi connectivity index (χ4n) is 4.71. The number of dihydropyridines is 1. The molecule has 1 N–H and O–H groups in total. The Bertz CT molecular complexity index is 1160. The number of esters is 2. The number of carbonyl (C=O) groups excluding carboxylic acids is 3. The molecule has 2 atom stereocenters. The summed E-state index contributed by atoms with van der Waals surface area (Å²) in [6.07, 6.45) is 1.06. The van der Waals surface area contributed by atoms with Crippen LogP contribution in [0.3, 0.4) is 0 Å². The van der Waals surface area contributed by atoms with Crippen LogP contribution in [0.4, 0.5) is 0 Å². The van der Waals surface area contributed by atoms with E-state index in [1.165, 1.54) is 12.0 Å². The van der Waals surface area contributed by atoms with E-state index < -0.39 is 17.9 Å². The van der Waals surface area contributed by atoms with Gasteiger partial charge in [0.1, 0.15) is 6.61 Å². The molecule has 0 radical (unpaired) electrons. The number of nitrogens with one attached hydrogen (secondary N) is 1. The predicted octanol–water partition coefficient (Wildman–Crippen LogP) is 4.48. The molecule has 1 aromatic carbocycles. The number of methoxy groups -OCH3 is 1. The predicted molar refractivity (Wildman–Crippen MR) is 132 cm³/mol. The molecule has 0 saturated heterocycles. The number of thiophene rings is 1. The maximum Gasteiger partial charge on any atom is 0.337 e. The van der Waals surface area contributed by atoms with Crippen LogP contribution in [0.5, 0.6) is 0 Å². The molecule has 1 aromatic heterocycles. The van der Waals surface area contributed by atoms with Crippen molar-refractivity contribution in [3.8, 4) is 0 Å². The highest BCUT2D eigenvalue weighted by atomic mass is 32.1. The number of hydrogen-bond acceptors (Lipinski definition) is 8. The van der Waals surface area contributed by atoms with E-state index in [1.54, 1.807) is 35.6 Å². The van der Waals surface area contributed by atoms with Gasteiger partial charge in [0.2, 0.25) is 0 Å². The van der Waals surface area contributed by atoms with Gasteiger partial charge in [0.05, 0.1) is 24.9 Å². The van der Waals surface area contributed by atoms with Gasteiger partial charge in [-0.25, -0.2) is 9.59 Å². The lowest BCUT2D eigenvalue weighted by Crippen LogP contribution is -2.36. The minimum absolute atomic E-state index is 0.00584. The lowest BCUT2D eigenvalue weighted by Gasteiger charge is -2.36. The number of hydrogen-bond donors (Lipinski definition) is 1. The zero-order chi connectivity index (χ0) is 24.9. The summed E-state index contributed by atoms with van der Waals surface area (Å²) in [6.45, 7) is 4.66. The van der Waals surface area contributed by atoms with Crippen LogP contribution in [0.25, 0.3) is 0 Å². The van der Waals surface area contributed by atoms with Crippen LogP contribution in [0, 0.1) is 0 Å². The molecule has 2 aromatic rings. The first kappa shape index (κ1) is 24.9. The molecule has 1 aliphatic heterocycles. The van der Waals surface area contributed by atoms with Crippen molar-refractivity contribution >= 4 is 29.1 Å². The van der Waals surface area contributed by atoms with Crippen LogP contribution in [0.1, 0.15) is 59.3 Å². The number of Topliss-reactive ketones (excluding diaryl/α,β-unsaturated/α-hetero) is 1. The molecule has 184 valence electrons. The van der Waals surface area contributed by atoms with Crippen molar-refractivity contribution < 1.29 is 28.6 Å². The molecule has 4 rings (SSSR count). The summed E-state index contributed by atoms with van der Waals surface area (Å²) in [5.74, 6) is -1.42. The minimum atomic E-state index is -0.589. The van der Waals surface area contributed by atoms with Gasteiger partial charge in [0.15, 0.2) is 5.78 Å². The third-order valence-electron chi connectivity index (χ3n) is 6.32. The fourth-order valence-corrected chi connectivity index (χ4v) is 5.54. The molecule has 0 spiro atoms. The van der Waals surface area contributed by atoms with Crippen molar-refractivity contribution in [1.82, 2.24) is 5.32 Å². The number of ether oxygens (including phenoxy) is 3. The van der Waals surface area contributed by atoms with E-state index in [0.717, 1.165) is 11.3 Å². The van der Waals surface area contributed by atoms with Crippen LogP contribution >= 0.6 is 11.3 Å². The number of rotatable bonds is 8. The highest BCUT2D eigenvalue weighted by Crippen LogP contribution is 2.46. The van der Waals surface area contributed by atoms with E-state index in [0.29, 0.717) is 48.5 Å². The molecule has 7 nitrogen and oxygen atoms in total. The van der Waals surface area contributed by atoms with Crippen LogP contribution < -0.4 is 5.32 Å². The average Bonchev–Trinajstić information content (AvgIpc) is 3.40. The zero-order valence-corrected chi connectivity index (χ0v) is 20.9.